The van der Waals surface area contributed by atoms with Crippen molar-refractivity contribution in [2.75, 3.05) is 27.8 Å². The second-order valence-electron chi connectivity index (χ2n) is 5.98. The lowest BCUT2D eigenvalue weighted by Gasteiger charge is -2.16. The lowest BCUT2D eigenvalue weighted by atomic mass is 10.2. The average molecular weight is 405 g/mol. The van der Waals surface area contributed by atoms with Crippen LogP contribution in [-0.4, -0.2) is 52.7 Å². The molecule has 0 radical (unpaired) electrons. The third kappa shape index (κ3) is 5.30. The Balaban J connectivity index is 2.00. The first-order valence-corrected chi connectivity index (χ1v) is 9.79. The number of hydrogen-bond acceptors (Lipinski definition) is 6. The van der Waals surface area contributed by atoms with Crippen LogP contribution in [0.15, 0.2) is 52.5 Å². The quantitative estimate of drug-likeness (QED) is 0.533. The number of nitrogens with one attached hydrogen (secondary N) is 1. The molecule has 0 aromatic heterocycles. The lowest BCUT2D eigenvalue weighted by molar-refractivity contribution is -0.121. The highest BCUT2D eigenvalue weighted by Gasteiger charge is 2.22. The first-order valence-electron chi connectivity index (χ1n) is 8.35. The standard InChI is InChI=1S/C19H23N3O5S/c1-14-5-9-17(10-6-14)28(24,25)22(2)13-19(23)21-20-12-15-7-8-16(26-3)11-18(15)27-4/h5-12H,13H2,1-4H3,(H,21,23)/b20-12-. The highest BCUT2D eigenvalue weighted by atomic mass is 32.2. The summed E-state index contributed by atoms with van der Waals surface area (Å²) in [6, 6.07) is 11.6. The van der Waals surface area contributed by atoms with E-state index in [9.17, 15) is 13.2 Å². The molecule has 0 unspecified atom stereocenters. The van der Waals surface area contributed by atoms with E-state index in [-0.39, 0.29) is 11.4 Å². The van der Waals surface area contributed by atoms with E-state index in [2.05, 4.69) is 10.5 Å². The Hall–Kier alpha value is -2.91. The van der Waals surface area contributed by atoms with Gasteiger partial charge in [-0.1, -0.05) is 17.7 Å². The molecule has 0 aliphatic rings. The van der Waals surface area contributed by atoms with Crippen molar-refractivity contribution in [3.05, 3.63) is 53.6 Å². The molecule has 0 aliphatic heterocycles. The van der Waals surface area contributed by atoms with Crippen molar-refractivity contribution >= 4 is 22.1 Å². The Labute approximate surface area is 164 Å². The molecule has 0 aliphatic carbocycles. The molecule has 0 atom stereocenters. The molecule has 0 fully saturated rings. The molecule has 9 heteroatoms. The minimum absolute atomic E-state index is 0.125. The smallest absolute Gasteiger partial charge is 0.255 e. The molecule has 1 amide bonds. The number of likely N-dealkylation sites (N-methyl/N-ethyl adjacent to an activating group) is 1. The number of ether oxygens (including phenoxy) is 2. The fourth-order valence-corrected chi connectivity index (χ4v) is 3.44. The first kappa shape index (κ1) is 21.4. The number of carbonyl (C=O) groups excluding carboxylic acids is 1. The van der Waals surface area contributed by atoms with Crippen LogP contribution >= 0.6 is 0 Å². The van der Waals surface area contributed by atoms with Crippen LogP contribution in [0.5, 0.6) is 11.5 Å². The van der Waals surface area contributed by atoms with Crippen LogP contribution in [0, 0.1) is 6.92 Å². The summed E-state index contributed by atoms with van der Waals surface area (Å²) in [7, 11) is 0.634. The summed E-state index contributed by atoms with van der Waals surface area (Å²) in [6.07, 6.45) is 1.41. The van der Waals surface area contributed by atoms with Crippen LogP contribution in [0.3, 0.4) is 0 Å². The van der Waals surface area contributed by atoms with E-state index in [4.69, 9.17) is 9.47 Å². The van der Waals surface area contributed by atoms with Crippen molar-refractivity contribution in [1.29, 1.82) is 0 Å². The zero-order chi connectivity index (χ0) is 20.7. The van der Waals surface area contributed by atoms with E-state index in [0.717, 1.165) is 9.87 Å². The fraction of sp³-hybridized carbons (Fsp3) is 0.263. The summed E-state index contributed by atoms with van der Waals surface area (Å²) in [5.41, 5.74) is 3.89. The molecule has 150 valence electrons. The molecule has 0 saturated carbocycles. The van der Waals surface area contributed by atoms with Crippen LogP contribution in [-0.2, 0) is 14.8 Å². The number of rotatable bonds is 8. The van der Waals surface area contributed by atoms with Crippen molar-refractivity contribution in [3.8, 4) is 11.5 Å². The van der Waals surface area contributed by atoms with E-state index < -0.39 is 15.9 Å². The molecule has 0 spiro atoms. The molecule has 0 heterocycles. The number of hydrogen-bond donors (Lipinski definition) is 1. The maximum atomic E-state index is 12.5. The predicted octanol–water partition coefficient (Wildman–Crippen LogP) is 1.78. The maximum absolute atomic E-state index is 12.5. The third-order valence-corrected chi connectivity index (χ3v) is 5.75. The van der Waals surface area contributed by atoms with Crippen molar-refractivity contribution in [2.24, 2.45) is 5.10 Å². The van der Waals surface area contributed by atoms with Gasteiger partial charge >= 0.3 is 0 Å². The average Bonchev–Trinajstić information content (AvgIpc) is 2.68. The van der Waals surface area contributed by atoms with E-state index in [1.165, 1.54) is 32.5 Å². The van der Waals surface area contributed by atoms with Gasteiger partial charge in [0.05, 0.1) is 31.9 Å². The second kappa shape index (κ2) is 9.34. The molecule has 8 nitrogen and oxygen atoms in total. The zero-order valence-electron chi connectivity index (χ0n) is 16.2. The maximum Gasteiger partial charge on any atom is 0.255 e. The van der Waals surface area contributed by atoms with Gasteiger partial charge in [0.1, 0.15) is 11.5 Å². The minimum atomic E-state index is -3.76. The molecular weight excluding hydrogens is 382 g/mol. The summed E-state index contributed by atoms with van der Waals surface area (Å²) < 4.78 is 36.3. The molecule has 2 aromatic carbocycles. The highest BCUT2D eigenvalue weighted by molar-refractivity contribution is 7.89. The van der Waals surface area contributed by atoms with Gasteiger partial charge in [0.2, 0.25) is 10.0 Å². The van der Waals surface area contributed by atoms with Gasteiger partial charge in [-0.05, 0) is 31.2 Å². The van der Waals surface area contributed by atoms with Gasteiger partial charge in [-0.25, -0.2) is 13.8 Å². The van der Waals surface area contributed by atoms with Gasteiger partial charge in [-0.15, -0.1) is 0 Å². The SMILES string of the molecule is COc1ccc(/C=N\NC(=O)CN(C)S(=O)(=O)c2ccc(C)cc2)c(OC)c1. The van der Waals surface area contributed by atoms with Crippen LogP contribution in [0.25, 0.3) is 0 Å². The third-order valence-electron chi connectivity index (χ3n) is 3.93. The zero-order valence-corrected chi connectivity index (χ0v) is 17.0. The molecule has 0 saturated heterocycles. The molecular formula is C19H23N3O5S. The van der Waals surface area contributed by atoms with E-state index in [1.54, 1.807) is 37.4 Å². The van der Waals surface area contributed by atoms with Gasteiger partial charge in [0.25, 0.3) is 5.91 Å². The van der Waals surface area contributed by atoms with Crippen molar-refractivity contribution < 1.29 is 22.7 Å². The van der Waals surface area contributed by atoms with Crippen LogP contribution < -0.4 is 14.9 Å². The number of carbonyl (C=O) groups is 1. The van der Waals surface area contributed by atoms with E-state index in [0.29, 0.717) is 17.1 Å². The summed E-state index contributed by atoms with van der Waals surface area (Å²) in [5, 5.41) is 3.86. The number of nitrogens with zero attached hydrogens (tertiary/aromatic N) is 2. The van der Waals surface area contributed by atoms with Crippen molar-refractivity contribution in [1.82, 2.24) is 9.73 Å². The molecule has 28 heavy (non-hydrogen) atoms. The Bertz CT molecular complexity index is 956. The van der Waals surface area contributed by atoms with E-state index in [1.807, 2.05) is 6.92 Å². The number of amides is 1. The number of aryl methyl sites for hydroxylation is 1. The highest BCUT2D eigenvalue weighted by Crippen LogP contribution is 2.23. The van der Waals surface area contributed by atoms with E-state index >= 15 is 0 Å². The van der Waals surface area contributed by atoms with Crippen molar-refractivity contribution in [2.45, 2.75) is 11.8 Å². The number of hydrazone groups is 1. The molecule has 0 bridgehead atoms. The predicted molar refractivity (Wildman–Crippen MR) is 106 cm³/mol. The van der Waals surface area contributed by atoms with Crippen LogP contribution in [0.2, 0.25) is 0 Å². The number of benzene rings is 2. The van der Waals surface area contributed by atoms with Crippen LogP contribution in [0.1, 0.15) is 11.1 Å². The lowest BCUT2D eigenvalue weighted by Crippen LogP contribution is -2.36. The van der Waals surface area contributed by atoms with Crippen molar-refractivity contribution in [3.63, 3.8) is 0 Å². The topological polar surface area (TPSA) is 97.3 Å². The normalized spacial score (nSPS) is 11.6. The summed E-state index contributed by atoms with van der Waals surface area (Å²) in [6.45, 7) is 1.50. The minimum Gasteiger partial charge on any atom is -0.497 e. The second-order valence-corrected chi connectivity index (χ2v) is 8.02. The fourth-order valence-electron chi connectivity index (χ4n) is 2.31. The Morgan fingerprint density at radius 1 is 1.14 bits per heavy atom. The van der Waals surface area contributed by atoms with Gasteiger partial charge in [0, 0.05) is 18.7 Å². The molecule has 2 aromatic rings. The van der Waals surface area contributed by atoms with Gasteiger partial charge in [0.15, 0.2) is 0 Å². The van der Waals surface area contributed by atoms with Crippen LogP contribution in [0.4, 0.5) is 0 Å². The Kier molecular flexibility index (Phi) is 7.13. The number of methoxy groups -OCH3 is 2. The Morgan fingerprint density at radius 2 is 1.82 bits per heavy atom. The molecule has 1 N–H and O–H groups in total. The summed E-state index contributed by atoms with van der Waals surface area (Å²) >= 11 is 0. The Morgan fingerprint density at radius 3 is 2.43 bits per heavy atom. The first-order chi connectivity index (χ1) is 13.3. The van der Waals surface area contributed by atoms with Gasteiger partial charge < -0.3 is 9.47 Å². The largest absolute Gasteiger partial charge is 0.497 e. The summed E-state index contributed by atoms with van der Waals surface area (Å²) in [4.78, 5) is 12.2. The van der Waals surface area contributed by atoms with Gasteiger partial charge in [-0.2, -0.15) is 9.41 Å². The number of sulfonamides is 1. The van der Waals surface area contributed by atoms with Gasteiger partial charge in [-0.3, -0.25) is 4.79 Å². The monoisotopic (exact) mass is 405 g/mol. The molecule has 2 rings (SSSR count). The summed E-state index contributed by atoms with van der Waals surface area (Å²) in [5.74, 6) is 0.583.